The van der Waals surface area contributed by atoms with Gasteiger partial charge in [-0.1, -0.05) is 34.1 Å². The molecular weight excluding hydrogens is 574 g/mol. The van der Waals surface area contributed by atoms with Crippen LogP contribution in [0.4, 0.5) is 22.4 Å². The van der Waals surface area contributed by atoms with Gasteiger partial charge in [-0.25, -0.2) is 17.6 Å². The predicted molar refractivity (Wildman–Crippen MR) is 121 cm³/mol. The average Bonchev–Trinajstić information content (AvgIpc) is 3.15. The molecule has 8 nitrogen and oxygen atoms in total. The SMILES string of the molecule is CC(N(Cc1ccc(F)cc1)C(=O)CN1C(=O)NC2(CS(=O)(=O)c3cc(Br)ccc32)C1=O)C(F)(F)F. The molecule has 4 rings (SSSR count). The van der Waals surface area contributed by atoms with Gasteiger partial charge in [-0.3, -0.25) is 14.5 Å². The lowest BCUT2D eigenvalue weighted by Gasteiger charge is -2.32. The molecule has 14 heteroatoms. The van der Waals surface area contributed by atoms with Gasteiger partial charge in [-0.2, -0.15) is 13.2 Å². The topological polar surface area (TPSA) is 104 Å². The number of hydrogen-bond acceptors (Lipinski definition) is 5. The Morgan fingerprint density at radius 1 is 1.19 bits per heavy atom. The van der Waals surface area contributed by atoms with E-state index in [1.165, 1.54) is 30.3 Å². The number of hydrogen-bond donors (Lipinski definition) is 1. The second-order valence-corrected chi connectivity index (χ2v) is 11.4. The number of carbonyl (C=O) groups excluding carboxylic acids is 3. The largest absolute Gasteiger partial charge is 0.408 e. The number of amides is 4. The maximum atomic E-state index is 13.5. The van der Waals surface area contributed by atoms with Crippen molar-refractivity contribution in [1.82, 2.24) is 15.1 Å². The summed E-state index contributed by atoms with van der Waals surface area (Å²) < 4.78 is 79.7. The van der Waals surface area contributed by atoms with Crippen LogP contribution in [0.1, 0.15) is 18.1 Å². The molecule has 2 aliphatic heterocycles. The first-order valence-electron chi connectivity index (χ1n) is 10.4. The molecule has 1 fully saturated rings. The zero-order valence-corrected chi connectivity index (χ0v) is 20.9. The molecule has 4 amide bonds. The first kappa shape index (κ1) is 26.1. The van der Waals surface area contributed by atoms with E-state index < -0.39 is 70.1 Å². The highest BCUT2D eigenvalue weighted by atomic mass is 79.9. The van der Waals surface area contributed by atoms with E-state index in [1.807, 2.05) is 0 Å². The van der Waals surface area contributed by atoms with Crippen LogP contribution in [0.15, 0.2) is 51.8 Å². The smallest absolute Gasteiger partial charge is 0.325 e. The zero-order chi connectivity index (χ0) is 26.6. The molecule has 192 valence electrons. The third-order valence-corrected chi connectivity index (χ3v) is 8.46. The number of carbonyl (C=O) groups is 3. The van der Waals surface area contributed by atoms with Crippen LogP contribution in [0.5, 0.6) is 0 Å². The lowest BCUT2D eigenvalue weighted by Crippen LogP contribution is -2.51. The predicted octanol–water partition coefficient (Wildman–Crippen LogP) is 3.10. The summed E-state index contributed by atoms with van der Waals surface area (Å²) in [5, 5.41) is 2.33. The van der Waals surface area contributed by atoms with Crippen LogP contribution in [0, 0.1) is 5.82 Å². The van der Waals surface area contributed by atoms with E-state index in [0.29, 0.717) is 14.3 Å². The Kier molecular flexibility index (Phi) is 6.40. The van der Waals surface area contributed by atoms with Gasteiger partial charge < -0.3 is 10.2 Å². The molecule has 2 aromatic carbocycles. The van der Waals surface area contributed by atoms with Crippen LogP contribution < -0.4 is 5.32 Å². The summed E-state index contributed by atoms with van der Waals surface area (Å²) >= 11 is 3.15. The Labute approximate surface area is 211 Å². The normalized spacial score (nSPS) is 21.4. The molecule has 1 spiro atoms. The fourth-order valence-electron chi connectivity index (χ4n) is 4.23. The molecule has 2 unspecified atom stereocenters. The highest BCUT2D eigenvalue weighted by Gasteiger charge is 2.60. The first-order chi connectivity index (χ1) is 16.7. The maximum absolute atomic E-state index is 13.5. The van der Waals surface area contributed by atoms with Gasteiger partial charge in [0.1, 0.15) is 18.4 Å². The molecule has 2 aromatic rings. The van der Waals surface area contributed by atoms with E-state index >= 15 is 0 Å². The Morgan fingerprint density at radius 3 is 2.44 bits per heavy atom. The van der Waals surface area contributed by atoms with Crippen LogP contribution >= 0.6 is 15.9 Å². The minimum Gasteiger partial charge on any atom is -0.325 e. The Hall–Kier alpha value is -3.00. The van der Waals surface area contributed by atoms with Crippen molar-refractivity contribution in [3.05, 3.63) is 63.9 Å². The summed E-state index contributed by atoms with van der Waals surface area (Å²) in [6, 6.07) is 5.16. The first-order valence-corrected chi connectivity index (χ1v) is 12.9. The molecule has 1 N–H and O–H groups in total. The molecule has 0 aromatic heterocycles. The van der Waals surface area contributed by atoms with Crippen molar-refractivity contribution < 1.29 is 40.4 Å². The van der Waals surface area contributed by atoms with Crippen LogP contribution in [0.2, 0.25) is 0 Å². The van der Waals surface area contributed by atoms with Crippen LogP contribution in [-0.4, -0.2) is 60.6 Å². The third-order valence-electron chi connectivity index (χ3n) is 6.14. The van der Waals surface area contributed by atoms with E-state index in [2.05, 4.69) is 21.2 Å². The molecule has 1 saturated heterocycles. The van der Waals surface area contributed by atoms with Gasteiger partial charge in [0, 0.05) is 16.6 Å². The lowest BCUT2D eigenvalue weighted by molar-refractivity contribution is -0.187. The second-order valence-electron chi connectivity index (χ2n) is 8.49. The summed E-state index contributed by atoms with van der Waals surface area (Å²) in [7, 11) is -3.99. The van der Waals surface area contributed by atoms with E-state index in [0.717, 1.165) is 19.1 Å². The quantitative estimate of drug-likeness (QED) is 0.425. The van der Waals surface area contributed by atoms with Crippen molar-refractivity contribution >= 4 is 43.6 Å². The van der Waals surface area contributed by atoms with E-state index in [-0.39, 0.29) is 16.0 Å². The number of urea groups is 1. The summed E-state index contributed by atoms with van der Waals surface area (Å²) in [6.07, 6.45) is -4.83. The number of nitrogens with one attached hydrogen (secondary N) is 1. The molecule has 0 saturated carbocycles. The average molecular weight is 592 g/mol. The molecule has 0 bridgehead atoms. The second kappa shape index (κ2) is 8.83. The molecule has 0 radical (unpaired) electrons. The minimum atomic E-state index is -4.83. The van der Waals surface area contributed by atoms with Crippen molar-refractivity contribution in [3.8, 4) is 0 Å². The lowest BCUT2D eigenvalue weighted by atomic mass is 9.92. The monoisotopic (exact) mass is 591 g/mol. The fourth-order valence-corrected chi connectivity index (χ4v) is 6.70. The highest BCUT2D eigenvalue weighted by Crippen LogP contribution is 2.43. The van der Waals surface area contributed by atoms with Gasteiger partial charge in [0.05, 0.1) is 10.6 Å². The van der Waals surface area contributed by atoms with Crippen molar-refractivity contribution in [2.24, 2.45) is 0 Å². The van der Waals surface area contributed by atoms with E-state index in [1.54, 1.807) is 0 Å². The number of sulfone groups is 1. The molecular formula is C22H18BrF4N3O5S. The maximum Gasteiger partial charge on any atom is 0.408 e. The van der Waals surface area contributed by atoms with Gasteiger partial charge >= 0.3 is 12.2 Å². The number of fused-ring (bicyclic) bond motifs is 2. The Bertz CT molecular complexity index is 1370. The van der Waals surface area contributed by atoms with Gasteiger partial charge in [0.2, 0.25) is 5.91 Å². The van der Waals surface area contributed by atoms with E-state index in [4.69, 9.17) is 0 Å². The molecule has 0 aliphatic carbocycles. The zero-order valence-electron chi connectivity index (χ0n) is 18.5. The number of imide groups is 1. The number of alkyl halides is 3. The highest BCUT2D eigenvalue weighted by molar-refractivity contribution is 9.10. The van der Waals surface area contributed by atoms with Gasteiger partial charge in [0.25, 0.3) is 5.91 Å². The summed E-state index contributed by atoms with van der Waals surface area (Å²) in [6.45, 7) is -0.883. The van der Waals surface area contributed by atoms with Gasteiger partial charge in [-0.05, 0) is 36.8 Å². The minimum absolute atomic E-state index is 0.00540. The van der Waals surface area contributed by atoms with Crippen LogP contribution in [0.25, 0.3) is 0 Å². The Morgan fingerprint density at radius 2 is 1.83 bits per heavy atom. The number of nitrogens with zero attached hydrogens (tertiary/aromatic N) is 2. The fraction of sp³-hybridized carbons (Fsp3) is 0.318. The summed E-state index contributed by atoms with van der Waals surface area (Å²) in [5.41, 5.74) is -1.80. The number of halogens is 5. The van der Waals surface area contributed by atoms with Crippen LogP contribution in [0.3, 0.4) is 0 Å². The third kappa shape index (κ3) is 4.47. The van der Waals surface area contributed by atoms with Crippen LogP contribution in [-0.2, 0) is 31.5 Å². The van der Waals surface area contributed by atoms with Gasteiger partial charge in [0.15, 0.2) is 15.4 Å². The van der Waals surface area contributed by atoms with Crippen molar-refractivity contribution in [2.75, 3.05) is 12.3 Å². The Balaban J connectivity index is 1.64. The summed E-state index contributed by atoms with van der Waals surface area (Å²) in [4.78, 5) is 39.7. The van der Waals surface area contributed by atoms with Crippen molar-refractivity contribution in [2.45, 2.75) is 36.1 Å². The van der Waals surface area contributed by atoms with E-state index in [9.17, 15) is 40.4 Å². The standard InChI is InChI=1S/C22H18BrF4N3O5S/c1-12(22(25,26)27)29(9-13-2-5-15(24)6-3-13)18(31)10-30-19(32)21(28-20(30)33)11-36(34,35)17-8-14(23)4-7-16(17)21/h2-8,12H,9-11H2,1H3,(H,28,33). The molecule has 2 heterocycles. The van der Waals surface area contributed by atoms with Gasteiger partial charge in [-0.15, -0.1) is 0 Å². The number of benzene rings is 2. The summed E-state index contributed by atoms with van der Waals surface area (Å²) in [5.74, 6) is -3.68. The van der Waals surface area contributed by atoms with Crippen molar-refractivity contribution in [1.29, 1.82) is 0 Å². The molecule has 2 atom stereocenters. The molecule has 36 heavy (non-hydrogen) atoms. The van der Waals surface area contributed by atoms with Crippen molar-refractivity contribution in [3.63, 3.8) is 0 Å². The molecule has 2 aliphatic rings. The number of rotatable bonds is 5.